The van der Waals surface area contributed by atoms with Gasteiger partial charge in [-0.15, -0.1) is 20.4 Å². The van der Waals surface area contributed by atoms with E-state index in [0.717, 1.165) is 22.4 Å². The molecule has 0 N–H and O–H groups in total. The van der Waals surface area contributed by atoms with Gasteiger partial charge in [0.25, 0.3) is 11.1 Å². The maximum atomic E-state index is 5.89. The van der Waals surface area contributed by atoms with Crippen LogP contribution in [0.25, 0.3) is 11.5 Å². The summed E-state index contributed by atoms with van der Waals surface area (Å²) in [4.78, 5) is 0. The molecule has 0 saturated heterocycles. The Hall–Kier alpha value is -2.84. The van der Waals surface area contributed by atoms with Crippen molar-refractivity contribution in [1.29, 1.82) is 0 Å². The minimum atomic E-state index is 0.207. The first-order chi connectivity index (χ1) is 14.1. The maximum Gasteiger partial charge on any atom is 0.277 e. The molecule has 0 radical (unpaired) electrons. The van der Waals surface area contributed by atoms with Gasteiger partial charge in [-0.05, 0) is 55.3 Å². The largest absolute Gasteiger partial charge is 0.484 e. The van der Waals surface area contributed by atoms with Crippen molar-refractivity contribution in [1.82, 2.24) is 20.4 Å². The highest BCUT2D eigenvalue weighted by Crippen LogP contribution is 2.25. The van der Waals surface area contributed by atoms with Gasteiger partial charge in [-0.25, -0.2) is 0 Å². The van der Waals surface area contributed by atoms with Crippen molar-refractivity contribution in [3.05, 3.63) is 70.4 Å². The van der Waals surface area contributed by atoms with E-state index < -0.39 is 0 Å². The van der Waals surface area contributed by atoms with Crippen molar-refractivity contribution in [2.24, 2.45) is 0 Å². The number of aryl methyl sites for hydroxylation is 2. The summed E-state index contributed by atoms with van der Waals surface area (Å²) >= 11 is 7.21. The van der Waals surface area contributed by atoms with E-state index in [2.05, 4.69) is 20.4 Å². The number of benzene rings is 2. The third-order valence-corrected chi connectivity index (χ3v) is 5.08. The van der Waals surface area contributed by atoms with E-state index in [1.165, 1.54) is 11.8 Å². The van der Waals surface area contributed by atoms with Crippen molar-refractivity contribution in [3.8, 4) is 17.2 Å². The molecule has 2 aromatic carbocycles. The zero-order valence-electron chi connectivity index (χ0n) is 15.8. The van der Waals surface area contributed by atoms with E-state index in [9.17, 15) is 0 Å². The molecule has 7 nitrogen and oxygen atoms in total. The van der Waals surface area contributed by atoms with Crippen LogP contribution in [0.1, 0.15) is 22.9 Å². The molecule has 0 aliphatic heterocycles. The van der Waals surface area contributed by atoms with Crippen LogP contribution < -0.4 is 4.74 Å². The number of hydrogen-bond acceptors (Lipinski definition) is 8. The Bertz CT molecular complexity index is 1110. The lowest BCUT2D eigenvalue weighted by Gasteiger charge is -2.07. The smallest absolute Gasteiger partial charge is 0.277 e. The molecule has 4 aromatic rings. The summed E-state index contributed by atoms with van der Waals surface area (Å²) < 4.78 is 17.1. The molecule has 0 amide bonds. The zero-order chi connectivity index (χ0) is 20.2. The summed E-state index contributed by atoms with van der Waals surface area (Å²) in [6, 6.07) is 13.2. The average molecular weight is 429 g/mol. The first-order valence-electron chi connectivity index (χ1n) is 8.80. The number of rotatable bonds is 7. The van der Waals surface area contributed by atoms with Crippen molar-refractivity contribution >= 4 is 23.4 Å². The molecule has 0 saturated carbocycles. The molecular formula is C20H17ClN4O3S. The Balaban J connectivity index is 1.33. The van der Waals surface area contributed by atoms with Crippen molar-refractivity contribution < 1.29 is 13.6 Å². The van der Waals surface area contributed by atoms with Crippen LogP contribution in [0.2, 0.25) is 5.02 Å². The summed E-state index contributed by atoms with van der Waals surface area (Å²) in [5.74, 6) is 2.52. The van der Waals surface area contributed by atoms with E-state index >= 15 is 0 Å². The Morgan fingerprint density at radius 3 is 2.55 bits per heavy atom. The maximum absolute atomic E-state index is 5.89. The molecule has 0 unspecified atom stereocenters. The van der Waals surface area contributed by atoms with Gasteiger partial charge in [0, 0.05) is 10.6 Å². The number of aromatic nitrogens is 4. The van der Waals surface area contributed by atoms with E-state index in [1.54, 1.807) is 12.1 Å². The Morgan fingerprint density at radius 1 is 0.931 bits per heavy atom. The Kier molecular flexibility index (Phi) is 5.82. The van der Waals surface area contributed by atoms with Gasteiger partial charge < -0.3 is 13.6 Å². The van der Waals surface area contributed by atoms with E-state index in [1.807, 2.05) is 44.2 Å². The molecule has 0 spiro atoms. The van der Waals surface area contributed by atoms with Crippen molar-refractivity contribution in [2.45, 2.75) is 31.4 Å². The van der Waals surface area contributed by atoms with Gasteiger partial charge in [0.15, 0.2) is 6.61 Å². The topological polar surface area (TPSA) is 87.1 Å². The summed E-state index contributed by atoms with van der Waals surface area (Å²) in [7, 11) is 0. The van der Waals surface area contributed by atoms with Crippen LogP contribution in [0.4, 0.5) is 0 Å². The van der Waals surface area contributed by atoms with E-state index in [-0.39, 0.29) is 6.61 Å². The summed E-state index contributed by atoms with van der Waals surface area (Å²) in [6.07, 6.45) is 0. The fraction of sp³-hybridized carbons (Fsp3) is 0.200. The second-order valence-corrected chi connectivity index (χ2v) is 7.68. The SMILES string of the molecule is Cc1ccc(C)c(OCc2nnc(SCc3nnc(-c4ccc(Cl)cc4)o3)o2)c1. The number of thioether (sulfide) groups is 1. The fourth-order valence-corrected chi connectivity index (χ4v) is 3.24. The average Bonchev–Trinajstić information content (AvgIpc) is 3.37. The van der Waals surface area contributed by atoms with Crippen LogP contribution in [-0.2, 0) is 12.4 Å². The molecule has 4 rings (SSSR count). The molecule has 0 aliphatic carbocycles. The van der Waals surface area contributed by atoms with Gasteiger partial charge in [0.1, 0.15) is 5.75 Å². The normalized spacial score (nSPS) is 11.0. The molecule has 148 valence electrons. The second kappa shape index (κ2) is 8.67. The predicted molar refractivity (Wildman–Crippen MR) is 109 cm³/mol. The van der Waals surface area contributed by atoms with Gasteiger partial charge in [-0.3, -0.25) is 0 Å². The third kappa shape index (κ3) is 4.96. The molecule has 0 bridgehead atoms. The molecule has 29 heavy (non-hydrogen) atoms. The second-order valence-electron chi connectivity index (χ2n) is 6.32. The van der Waals surface area contributed by atoms with Crippen LogP contribution in [0.5, 0.6) is 5.75 Å². The summed E-state index contributed by atoms with van der Waals surface area (Å²) in [5, 5.41) is 17.2. The number of halogens is 1. The first kappa shape index (κ1) is 19.5. The first-order valence-corrected chi connectivity index (χ1v) is 10.2. The van der Waals surface area contributed by atoms with Gasteiger partial charge in [-0.1, -0.05) is 35.5 Å². The van der Waals surface area contributed by atoms with Crippen LogP contribution in [0.3, 0.4) is 0 Å². The van der Waals surface area contributed by atoms with Crippen LogP contribution in [-0.4, -0.2) is 20.4 Å². The quantitative estimate of drug-likeness (QED) is 0.368. The monoisotopic (exact) mass is 428 g/mol. The Morgan fingerprint density at radius 2 is 1.72 bits per heavy atom. The fourth-order valence-electron chi connectivity index (χ4n) is 2.50. The lowest BCUT2D eigenvalue weighted by Crippen LogP contribution is -1.97. The predicted octanol–water partition coefficient (Wildman–Crippen LogP) is 5.26. The lowest BCUT2D eigenvalue weighted by molar-refractivity contribution is 0.250. The standard InChI is InChI=1S/C20H17ClN4O3S/c1-12-3-4-13(2)16(9-12)26-10-17-22-25-20(28-17)29-11-18-23-24-19(27-18)14-5-7-15(21)8-6-14/h3-9H,10-11H2,1-2H3. The number of nitrogens with zero attached hydrogens (tertiary/aromatic N) is 4. The molecule has 2 aromatic heterocycles. The van der Waals surface area contributed by atoms with Gasteiger partial charge in [0.05, 0.1) is 5.75 Å². The molecule has 0 atom stereocenters. The molecule has 9 heteroatoms. The highest BCUT2D eigenvalue weighted by Gasteiger charge is 2.13. The van der Waals surface area contributed by atoms with E-state index in [4.69, 9.17) is 25.2 Å². The summed E-state index contributed by atoms with van der Waals surface area (Å²) in [5.41, 5.74) is 2.99. The van der Waals surface area contributed by atoms with Gasteiger partial charge in [-0.2, -0.15) is 0 Å². The highest BCUT2D eigenvalue weighted by atomic mass is 35.5. The minimum absolute atomic E-state index is 0.207. The van der Waals surface area contributed by atoms with Gasteiger partial charge >= 0.3 is 0 Å². The molecule has 0 fully saturated rings. The minimum Gasteiger partial charge on any atom is -0.484 e. The summed E-state index contributed by atoms with van der Waals surface area (Å²) in [6.45, 7) is 4.22. The van der Waals surface area contributed by atoms with Crippen LogP contribution in [0, 0.1) is 13.8 Å². The highest BCUT2D eigenvalue weighted by molar-refractivity contribution is 7.98. The number of ether oxygens (including phenoxy) is 1. The lowest BCUT2D eigenvalue weighted by atomic mass is 10.1. The Labute approximate surface area is 176 Å². The molecule has 2 heterocycles. The third-order valence-electron chi connectivity index (χ3n) is 4.02. The molecular weight excluding hydrogens is 412 g/mol. The van der Waals surface area contributed by atoms with E-state index in [0.29, 0.717) is 33.7 Å². The van der Waals surface area contributed by atoms with Crippen LogP contribution >= 0.6 is 23.4 Å². The van der Waals surface area contributed by atoms with Crippen molar-refractivity contribution in [3.63, 3.8) is 0 Å². The van der Waals surface area contributed by atoms with Crippen LogP contribution in [0.15, 0.2) is 56.5 Å². The zero-order valence-corrected chi connectivity index (χ0v) is 17.3. The molecule has 0 aliphatic rings. The van der Waals surface area contributed by atoms with Gasteiger partial charge in [0.2, 0.25) is 11.8 Å². The number of hydrogen-bond donors (Lipinski definition) is 0. The van der Waals surface area contributed by atoms with Crippen molar-refractivity contribution in [2.75, 3.05) is 0 Å².